The number of fused-ring (bicyclic) bond motifs is 1. The molecule has 0 amide bonds. The first-order valence-electron chi connectivity index (χ1n) is 5.25. The van der Waals surface area contributed by atoms with Gasteiger partial charge in [-0.2, -0.15) is 0 Å². The van der Waals surface area contributed by atoms with E-state index >= 15 is 0 Å². The van der Waals surface area contributed by atoms with Gasteiger partial charge in [0.05, 0.1) is 15.9 Å². The number of anilines is 1. The second-order valence-corrected chi connectivity index (χ2v) is 5.33. The lowest BCUT2D eigenvalue weighted by Crippen LogP contribution is -1.90. The fraction of sp³-hybridized carbons (Fsp3) is 0. The largest absolute Gasteiger partial charge is 0.396 e. The summed E-state index contributed by atoms with van der Waals surface area (Å²) in [5, 5.41) is 1.40. The first-order chi connectivity index (χ1) is 8.63. The molecule has 5 heteroatoms. The number of nitrogen functional groups attached to an aromatic ring is 1. The van der Waals surface area contributed by atoms with Crippen molar-refractivity contribution in [2.24, 2.45) is 0 Å². The molecule has 3 rings (SSSR count). The van der Waals surface area contributed by atoms with Crippen molar-refractivity contribution in [3.05, 3.63) is 47.2 Å². The van der Waals surface area contributed by atoms with Crippen molar-refractivity contribution in [2.45, 2.75) is 0 Å². The van der Waals surface area contributed by atoms with Gasteiger partial charge in [0, 0.05) is 10.6 Å². The minimum absolute atomic E-state index is 0.142. The van der Waals surface area contributed by atoms with Crippen molar-refractivity contribution in [3.8, 4) is 10.6 Å². The van der Waals surface area contributed by atoms with E-state index in [1.54, 1.807) is 18.2 Å². The highest BCUT2D eigenvalue weighted by molar-refractivity contribution is 7.21. The Balaban J connectivity index is 2.16. The number of benzene rings is 2. The third-order valence-electron chi connectivity index (χ3n) is 2.60. The molecule has 0 spiro atoms. The lowest BCUT2D eigenvalue weighted by molar-refractivity contribution is 0.633. The van der Waals surface area contributed by atoms with Gasteiger partial charge in [0.2, 0.25) is 0 Å². The van der Waals surface area contributed by atoms with Crippen molar-refractivity contribution in [1.29, 1.82) is 0 Å². The fourth-order valence-corrected chi connectivity index (χ4v) is 2.79. The van der Waals surface area contributed by atoms with Crippen molar-refractivity contribution < 1.29 is 4.39 Å². The molecule has 0 radical (unpaired) electrons. The van der Waals surface area contributed by atoms with Crippen LogP contribution in [0.25, 0.3) is 20.8 Å². The number of hydrogen-bond acceptors (Lipinski definition) is 3. The second kappa shape index (κ2) is 4.23. The van der Waals surface area contributed by atoms with Crippen LogP contribution in [0.2, 0.25) is 5.02 Å². The third kappa shape index (κ3) is 1.94. The zero-order chi connectivity index (χ0) is 12.7. The zero-order valence-electron chi connectivity index (χ0n) is 9.15. The van der Waals surface area contributed by atoms with E-state index in [1.807, 2.05) is 12.1 Å². The summed E-state index contributed by atoms with van der Waals surface area (Å²) in [5.74, 6) is -0.426. The van der Waals surface area contributed by atoms with Gasteiger partial charge in [-0.05, 0) is 36.4 Å². The Morgan fingerprint density at radius 2 is 2.00 bits per heavy atom. The highest BCUT2D eigenvalue weighted by Gasteiger charge is 2.08. The molecule has 0 unspecified atom stereocenters. The number of nitrogens with two attached hydrogens (primary N) is 1. The van der Waals surface area contributed by atoms with Gasteiger partial charge in [0.1, 0.15) is 10.8 Å². The van der Waals surface area contributed by atoms with E-state index in [-0.39, 0.29) is 5.69 Å². The lowest BCUT2D eigenvalue weighted by atomic mass is 10.2. The molecule has 1 aromatic heterocycles. The second-order valence-electron chi connectivity index (χ2n) is 3.87. The van der Waals surface area contributed by atoms with Crippen LogP contribution in [0.5, 0.6) is 0 Å². The highest BCUT2D eigenvalue weighted by atomic mass is 35.5. The fourth-order valence-electron chi connectivity index (χ4n) is 1.68. The standard InChI is InChI=1S/C13H8ClFN2S/c14-8-2-4-12-11(6-8)17-13(18-12)7-1-3-10(16)9(15)5-7/h1-6H,16H2. The van der Waals surface area contributed by atoms with Crippen molar-refractivity contribution >= 4 is 38.8 Å². The molecule has 3 aromatic rings. The summed E-state index contributed by atoms with van der Waals surface area (Å²) >= 11 is 7.40. The molecular weight excluding hydrogens is 271 g/mol. The molecule has 1 heterocycles. The summed E-state index contributed by atoms with van der Waals surface area (Å²) in [6, 6.07) is 10.2. The normalized spacial score (nSPS) is 11.0. The maximum atomic E-state index is 13.4. The maximum Gasteiger partial charge on any atom is 0.146 e. The van der Waals surface area contributed by atoms with E-state index in [2.05, 4.69) is 4.98 Å². The summed E-state index contributed by atoms with van der Waals surface area (Å²) in [4.78, 5) is 4.44. The molecular formula is C13H8ClFN2S. The molecule has 90 valence electrons. The van der Waals surface area contributed by atoms with Crippen LogP contribution < -0.4 is 5.73 Å². The summed E-state index contributed by atoms with van der Waals surface area (Å²) in [6.07, 6.45) is 0. The van der Waals surface area contributed by atoms with Crippen LogP contribution >= 0.6 is 22.9 Å². The molecule has 0 saturated carbocycles. The summed E-state index contributed by atoms with van der Waals surface area (Å²) in [6.45, 7) is 0. The molecule has 0 atom stereocenters. The smallest absolute Gasteiger partial charge is 0.146 e. The van der Waals surface area contributed by atoms with E-state index in [0.29, 0.717) is 5.02 Å². The van der Waals surface area contributed by atoms with Gasteiger partial charge < -0.3 is 5.73 Å². The first-order valence-corrected chi connectivity index (χ1v) is 6.44. The predicted octanol–water partition coefficient (Wildman–Crippen LogP) is 4.34. The first kappa shape index (κ1) is 11.4. The van der Waals surface area contributed by atoms with E-state index in [9.17, 15) is 4.39 Å². The van der Waals surface area contributed by atoms with Crippen molar-refractivity contribution in [3.63, 3.8) is 0 Å². The topological polar surface area (TPSA) is 38.9 Å². The monoisotopic (exact) mass is 278 g/mol. The van der Waals surface area contributed by atoms with Crippen LogP contribution in [0.4, 0.5) is 10.1 Å². The summed E-state index contributed by atoms with van der Waals surface area (Å²) < 4.78 is 14.4. The number of aromatic nitrogens is 1. The molecule has 0 aliphatic carbocycles. The summed E-state index contributed by atoms with van der Waals surface area (Å²) in [5.41, 5.74) is 7.13. The SMILES string of the molecule is Nc1ccc(-c2nc3cc(Cl)ccc3s2)cc1F. The number of nitrogens with zero attached hydrogens (tertiary/aromatic N) is 1. The van der Waals surface area contributed by atoms with Crippen molar-refractivity contribution in [1.82, 2.24) is 4.98 Å². The molecule has 0 fully saturated rings. The van der Waals surface area contributed by atoms with E-state index in [0.717, 1.165) is 20.8 Å². The van der Waals surface area contributed by atoms with Crippen LogP contribution in [-0.2, 0) is 0 Å². The van der Waals surface area contributed by atoms with Gasteiger partial charge in [0.15, 0.2) is 0 Å². The molecule has 2 nitrogen and oxygen atoms in total. The number of halogens is 2. The van der Waals surface area contributed by atoms with Gasteiger partial charge >= 0.3 is 0 Å². The maximum absolute atomic E-state index is 13.4. The Labute approximate surface area is 112 Å². The van der Waals surface area contributed by atoms with E-state index in [4.69, 9.17) is 17.3 Å². The van der Waals surface area contributed by atoms with Crippen LogP contribution in [0.3, 0.4) is 0 Å². The van der Waals surface area contributed by atoms with E-state index < -0.39 is 5.82 Å². The zero-order valence-corrected chi connectivity index (χ0v) is 10.7. The average Bonchev–Trinajstić information content (AvgIpc) is 2.75. The molecule has 0 bridgehead atoms. The predicted molar refractivity (Wildman–Crippen MR) is 74.4 cm³/mol. The van der Waals surface area contributed by atoms with E-state index in [1.165, 1.54) is 17.4 Å². The molecule has 2 N–H and O–H groups in total. The molecule has 2 aromatic carbocycles. The number of hydrogen-bond donors (Lipinski definition) is 1. The van der Waals surface area contributed by atoms with Gasteiger partial charge in [-0.3, -0.25) is 0 Å². The minimum Gasteiger partial charge on any atom is -0.396 e. The van der Waals surface area contributed by atoms with Gasteiger partial charge in [-0.15, -0.1) is 11.3 Å². The minimum atomic E-state index is -0.426. The van der Waals surface area contributed by atoms with Gasteiger partial charge in [-0.25, -0.2) is 9.37 Å². The van der Waals surface area contributed by atoms with Crippen LogP contribution in [0.15, 0.2) is 36.4 Å². The van der Waals surface area contributed by atoms with Crippen LogP contribution in [0, 0.1) is 5.82 Å². The highest BCUT2D eigenvalue weighted by Crippen LogP contribution is 2.32. The van der Waals surface area contributed by atoms with Gasteiger partial charge in [-0.1, -0.05) is 11.6 Å². The van der Waals surface area contributed by atoms with Crippen LogP contribution in [-0.4, -0.2) is 4.98 Å². The number of rotatable bonds is 1. The molecule has 18 heavy (non-hydrogen) atoms. The number of thiazole rings is 1. The lowest BCUT2D eigenvalue weighted by Gasteiger charge is -1.98. The van der Waals surface area contributed by atoms with Crippen LogP contribution in [0.1, 0.15) is 0 Å². The molecule has 0 aliphatic heterocycles. The Morgan fingerprint density at radius 1 is 1.17 bits per heavy atom. The quantitative estimate of drug-likeness (QED) is 0.673. The Morgan fingerprint density at radius 3 is 2.78 bits per heavy atom. The Bertz CT molecular complexity index is 739. The molecule has 0 aliphatic rings. The van der Waals surface area contributed by atoms with Gasteiger partial charge in [0.25, 0.3) is 0 Å². The Hall–Kier alpha value is -1.65. The molecule has 0 saturated heterocycles. The van der Waals surface area contributed by atoms with Crippen molar-refractivity contribution in [2.75, 3.05) is 5.73 Å². The average molecular weight is 279 g/mol. The Kier molecular flexibility index (Phi) is 2.69. The third-order valence-corrected chi connectivity index (χ3v) is 3.92. The summed E-state index contributed by atoms with van der Waals surface area (Å²) in [7, 11) is 0.